The molecule has 0 heterocycles. The summed E-state index contributed by atoms with van der Waals surface area (Å²) in [4.78, 5) is 24.6. The average Bonchev–Trinajstić information content (AvgIpc) is 2.62. The first-order valence-corrected chi connectivity index (χ1v) is 8.08. The number of nitrogens with one attached hydrogen (secondary N) is 1. The van der Waals surface area contributed by atoms with Gasteiger partial charge >= 0.3 is 5.97 Å². The Morgan fingerprint density at radius 3 is 2.54 bits per heavy atom. The Bertz CT molecular complexity index is 645. The van der Waals surface area contributed by atoms with Gasteiger partial charge in [0.1, 0.15) is 16.9 Å². The van der Waals surface area contributed by atoms with Crippen LogP contribution in [-0.4, -0.2) is 30.6 Å². The molecule has 0 radical (unpaired) electrons. The molecule has 0 aliphatic heterocycles. The summed E-state index contributed by atoms with van der Waals surface area (Å²) in [6.45, 7) is 1.50. The van der Waals surface area contributed by atoms with Crippen molar-refractivity contribution in [3.05, 3.63) is 29.8 Å². The number of ether oxygens (including phenoxy) is 2. The van der Waals surface area contributed by atoms with Crippen LogP contribution in [0.5, 0.6) is 5.75 Å². The van der Waals surface area contributed by atoms with Crippen LogP contribution in [0.1, 0.15) is 49.4 Å². The molecule has 6 heteroatoms. The molecular weight excluding hydrogens is 308 g/mol. The zero-order chi connectivity index (χ0) is 17.6. The van der Waals surface area contributed by atoms with Crippen molar-refractivity contribution in [3.8, 4) is 11.8 Å². The molecule has 1 aromatic carbocycles. The van der Waals surface area contributed by atoms with E-state index in [1.54, 1.807) is 24.3 Å². The number of rotatable bonds is 5. The third-order valence-corrected chi connectivity index (χ3v) is 4.26. The number of nitriles is 1. The van der Waals surface area contributed by atoms with Crippen LogP contribution in [0.3, 0.4) is 0 Å². The predicted molar refractivity (Wildman–Crippen MR) is 87.4 cm³/mol. The SMILES string of the molecule is COc1ccccc1C(=O)O[C@@H](C)C(=O)NC1(C#N)CCCCC1. The zero-order valence-electron chi connectivity index (χ0n) is 14.0. The summed E-state index contributed by atoms with van der Waals surface area (Å²) in [6.07, 6.45) is 3.14. The Morgan fingerprint density at radius 2 is 1.92 bits per heavy atom. The van der Waals surface area contributed by atoms with E-state index in [-0.39, 0.29) is 5.56 Å². The summed E-state index contributed by atoms with van der Waals surface area (Å²) >= 11 is 0. The molecule has 0 spiro atoms. The minimum Gasteiger partial charge on any atom is -0.496 e. The third kappa shape index (κ3) is 4.05. The van der Waals surface area contributed by atoms with Gasteiger partial charge in [-0.1, -0.05) is 31.4 Å². The fraction of sp³-hybridized carbons (Fsp3) is 0.500. The molecule has 1 fully saturated rings. The summed E-state index contributed by atoms with van der Waals surface area (Å²) in [7, 11) is 1.46. The van der Waals surface area contributed by atoms with Gasteiger partial charge in [0.25, 0.3) is 5.91 Å². The van der Waals surface area contributed by atoms with Crippen molar-refractivity contribution in [2.24, 2.45) is 0 Å². The molecule has 24 heavy (non-hydrogen) atoms. The summed E-state index contributed by atoms with van der Waals surface area (Å²) in [5, 5.41) is 12.2. The van der Waals surface area contributed by atoms with E-state index in [0.717, 1.165) is 19.3 Å². The molecular formula is C18H22N2O4. The van der Waals surface area contributed by atoms with Gasteiger partial charge in [0.2, 0.25) is 0 Å². The van der Waals surface area contributed by atoms with Gasteiger partial charge in [-0.3, -0.25) is 4.79 Å². The zero-order valence-corrected chi connectivity index (χ0v) is 14.0. The third-order valence-electron chi connectivity index (χ3n) is 4.26. The number of carbonyl (C=O) groups excluding carboxylic acids is 2. The number of methoxy groups -OCH3 is 1. The monoisotopic (exact) mass is 330 g/mol. The van der Waals surface area contributed by atoms with Crippen molar-refractivity contribution in [2.45, 2.75) is 50.7 Å². The Hall–Kier alpha value is -2.55. The van der Waals surface area contributed by atoms with E-state index >= 15 is 0 Å². The molecule has 1 saturated carbocycles. The van der Waals surface area contributed by atoms with Crippen molar-refractivity contribution in [1.82, 2.24) is 5.32 Å². The quantitative estimate of drug-likeness (QED) is 0.838. The van der Waals surface area contributed by atoms with Crippen LogP contribution < -0.4 is 10.1 Å². The van der Waals surface area contributed by atoms with E-state index in [1.165, 1.54) is 14.0 Å². The van der Waals surface area contributed by atoms with Crippen LogP contribution in [0.2, 0.25) is 0 Å². The van der Waals surface area contributed by atoms with Crippen molar-refractivity contribution >= 4 is 11.9 Å². The van der Waals surface area contributed by atoms with Crippen molar-refractivity contribution in [1.29, 1.82) is 5.26 Å². The van der Waals surface area contributed by atoms with E-state index in [1.807, 2.05) is 0 Å². The van der Waals surface area contributed by atoms with E-state index < -0.39 is 23.5 Å². The van der Waals surface area contributed by atoms with Gasteiger partial charge in [-0.15, -0.1) is 0 Å². The molecule has 2 rings (SSSR count). The second-order valence-corrected chi connectivity index (χ2v) is 5.99. The van der Waals surface area contributed by atoms with Gasteiger partial charge in [0, 0.05) is 0 Å². The van der Waals surface area contributed by atoms with Crippen LogP contribution >= 0.6 is 0 Å². The molecule has 0 saturated heterocycles. The summed E-state index contributed by atoms with van der Waals surface area (Å²) in [5.41, 5.74) is -0.590. The molecule has 1 aliphatic rings. The Kier molecular flexibility index (Phi) is 5.80. The van der Waals surface area contributed by atoms with Crippen molar-refractivity contribution in [2.75, 3.05) is 7.11 Å². The fourth-order valence-corrected chi connectivity index (χ4v) is 2.85. The lowest BCUT2D eigenvalue weighted by Gasteiger charge is -2.32. The van der Waals surface area contributed by atoms with E-state index in [9.17, 15) is 14.9 Å². The smallest absolute Gasteiger partial charge is 0.342 e. The van der Waals surface area contributed by atoms with Crippen LogP contribution in [0, 0.1) is 11.3 Å². The highest BCUT2D eigenvalue weighted by Gasteiger charge is 2.35. The van der Waals surface area contributed by atoms with E-state index in [4.69, 9.17) is 9.47 Å². The molecule has 1 aliphatic carbocycles. The molecule has 6 nitrogen and oxygen atoms in total. The lowest BCUT2D eigenvalue weighted by Crippen LogP contribution is -2.52. The number of nitrogens with zero attached hydrogens (tertiary/aromatic N) is 1. The molecule has 1 aromatic rings. The van der Waals surface area contributed by atoms with Crippen LogP contribution in [0.25, 0.3) is 0 Å². The van der Waals surface area contributed by atoms with Gasteiger partial charge in [-0.2, -0.15) is 5.26 Å². The number of esters is 1. The Labute approximate surface area is 141 Å². The molecule has 0 bridgehead atoms. The summed E-state index contributed by atoms with van der Waals surface area (Å²) < 4.78 is 10.4. The molecule has 0 aromatic heterocycles. The highest BCUT2D eigenvalue weighted by molar-refractivity contribution is 5.94. The predicted octanol–water partition coefficient (Wildman–Crippen LogP) is 2.58. The summed E-state index contributed by atoms with van der Waals surface area (Å²) in [5.74, 6) is -0.706. The van der Waals surface area contributed by atoms with Crippen LogP contribution in [0.15, 0.2) is 24.3 Å². The second kappa shape index (κ2) is 7.82. The molecule has 1 atom stereocenters. The largest absolute Gasteiger partial charge is 0.496 e. The first-order chi connectivity index (χ1) is 11.5. The van der Waals surface area contributed by atoms with Gasteiger partial charge < -0.3 is 14.8 Å². The van der Waals surface area contributed by atoms with Crippen molar-refractivity contribution in [3.63, 3.8) is 0 Å². The number of para-hydroxylation sites is 1. The minimum atomic E-state index is -0.991. The van der Waals surface area contributed by atoms with Crippen LogP contribution in [0.4, 0.5) is 0 Å². The lowest BCUT2D eigenvalue weighted by atomic mass is 9.83. The lowest BCUT2D eigenvalue weighted by molar-refractivity contribution is -0.130. The van der Waals surface area contributed by atoms with E-state index in [0.29, 0.717) is 18.6 Å². The normalized spacial score (nSPS) is 17.2. The number of hydrogen-bond acceptors (Lipinski definition) is 5. The number of carbonyl (C=O) groups is 2. The Morgan fingerprint density at radius 1 is 1.25 bits per heavy atom. The summed E-state index contributed by atoms with van der Waals surface area (Å²) in [6, 6.07) is 8.87. The highest BCUT2D eigenvalue weighted by atomic mass is 16.5. The van der Waals surface area contributed by atoms with E-state index in [2.05, 4.69) is 11.4 Å². The average molecular weight is 330 g/mol. The standard InChI is InChI=1S/C18H22N2O4/c1-13(16(21)20-18(12-19)10-6-3-7-11-18)24-17(22)14-8-4-5-9-15(14)23-2/h4-5,8-9,13H,3,6-7,10-11H2,1-2H3,(H,20,21)/t13-/m0/s1. The Balaban J connectivity index is 2.01. The van der Waals surface area contributed by atoms with Gasteiger partial charge in [0.05, 0.1) is 13.2 Å². The topological polar surface area (TPSA) is 88.4 Å². The first-order valence-electron chi connectivity index (χ1n) is 8.08. The van der Waals surface area contributed by atoms with Gasteiger partial charge in [0.15, 0.2) is 6.10 Å². The molecule has 128 valence electrons. The van der Waals surface area contributed by atoms with Crippen molar-refractivity contribution < 1.29 is 19.1 Å². The van der Waals surface area contributed by atoms with Crippen LogP contribution in [-0.2, 0) is 9.53 Å². The number of benzene rings is 1. The number of amides is 1. The highest BCUT2D eigenvalue weighted by Crippen LogP contribution is 2.27. The molecule has 1 amide bonds. The maximum atomic E-state index is 12.3. The first kappa shape index (κ1) is 17.8. The maximum absolute atomic E-state index is 12.3. The maximum Gasteiger partial charge on any atom is 0.342 e. The van der Waals surface area contributed by atoms with Gasteiger partial charge in [-0.25, -0.2) is 4.79 Å². The minimum absolute atomic E-state index is 0.257. The van der Waals surface area contributed by atoms with Gasteiger partial charge in [-0.05, 0) is 31.9 Å². The number of hydrogen-bond donors (Lipinski definition) is 1. The molecule has 1 N–H and O–H groups in total. The second-order valence-electron chi connectivity index (χ2n) is 5.99. The fourth-order valence-electron chi connectivity index (χ4n) is 2.85. The molecule has 0 unspecified atom stereocenters.